The SMILES string of the molecule is CN[C@H](C(=O)N[C@H](C(=O)N(C)[C@H](/C=C(\C)C(=O)NC(C)CC(=O)ON1C(=O)CCC1=O)C(C)C)C(C)(C)C)C(C)(C)C. The Labute approximate surface area is 250 Å². The summed E-state index contributed by atoms with van der Waals surface area (Å²) >= 11 is 0. The van der Waals surface area contributed by atoms with Gasteiger partial charge in [-0.25, -0.2) is 4.79 Å². The summed E-state index contributed by atoms with van der Waals surface area (Å²) in [4.78, 5) is 82.0. The van der Waals surface area contributed by atoms with Gasteiger partial charge in [-0.2, -0.15) is 0 Å². The minimum absolute atomic E-state index is 0.00733. The van der Waals surface area contributed by atoms with E-state index in [1.54, 1.807) is 38.9 Å². The number of amides is 5. The van der Waals surface area contributed by atoms with Crippen LogP contribution < -0.4 is 16.0 Å². The Morgan fingerprint density at radius 2 is 1.43 bits per heavy atom. The molecule has 1 aliphatic heterocycles. The molecule has 0 radical (unpaired) electrons. The zero-order valence-electron chi connectivity index (χ0n) is 27.3. The first-order valence-corrected chi connectivity index (χ1v) is 14.4. The first-order chi connectivity index (χ1) is 19.1. The van der Waals surface area contributed by atoms with Crippen LogP contribution in [0.2, 0.25) is 0 Å². The largest absolute Gasteiger partial charge is 0.349 e. The molecule has 1 fully saturated rings. The fourth-order valence-electron chi connectivity index (χ4n) is 4.70. The van der Waals surface area contributed by atoms with E-state index in [1.807, 2.05) is 55.4 Å². The summed E-state index contributed by atoms with van der Waals surface area (Å²) < 4.78 is 0. The van der Waals surface area contributed by atoms with Crippen molar-refractivity contribution in [2.45, 2.75) is 113 Å². The van der Waals surface area contributed by atoms with Crippen LogP contribution in [0.15, 0.2) is 11.6 Å². The third-order valence-electron chi connectivity index (χ3n) is 7.12. The van der Waals surface area contributed by atoms with Crippen LogP contribution in [0.3, 0.4) is 0 Å². The van der Waals surface area contributed by atoms with E-state index < -0.39 is 53.3 Å². The zero-order chi connectivity index (χ0) is 32.7. The first-order valence-electron chi connectivity index (χ1n) is 14.4. The number of carbonyl (C=O) groups excluding carboxylic acids is 6. The maximum absolute atomic E-state index is 13.8. The predicted octanol–water partition coefficient (Wildman–Crippen LogP) is 2.08. The molecule has 1 saturated heterocycles. The van der Waals surface area contributed by atoms with Crippen LogP contribution in [0.1, 0.15) is 88.5 Å². The molecule has 0 aromatic heterocycles. The quantitative estimate of drug-likeness (QED) is 0.230. The highest BCUT2D eigenvalue weighted by molar-refractivity contribution is 6.01. The molecule has 0 saturated carbocycles. The average molecular weight is 594 g/mol. The lowest BCUT2D eigenvalue weighted by Gasteiger charge is -2.39. The maximum Gasteiger partial charge on any atom is 0.335 e. The summed E-state index contributed by atoms with van der Waals surface area (Å²) in [6.07, 6.45) is 1.42. The Hall–Kier alpha value is -3.28. The highest BCUT2D eigenvalue weighted by Crippen LogP contribution is 2.25. The molecule has 0 bridgehead atoms. The number of nitrogens with one attached hydrogen (secondary N) is 3. The van der Waals surface area contributed by atoms with E-state index in [9.17, 15) is 28.8 Å². The summed E-state index contributed by atoms with van der Waals surface area (Å²) in [5, 5.41) is 9.18. The Morgan fingerprint density at radius 1 is 0.929 bits per heavy atom. The van der Waals surface area contributed by atoms with E-state index >= 15 is 0 Å². The van der Waals surface area contributed by atoms with Crippen LogP contribution in [0.4, 0.5) is 0 Å². The van der Waals surface area contributed by atoms with Gasteiger partial charge in [0.05, 0.1) is 18.5 Å². The predicted molar refractivity (Wildman–Crippen MR) is 158 cm³/mol. The van der Waals surface area contributed by atoms with Crippen molar-refractivity contribution >= 4 is 35.5 Å². The molecule has 42 heavy (non-hydrogen) atoms. The third kappa shape index (κ3) is 10.2. The molecule has 1 heterocycles. The van der Waals surface area contributed by atoms with Crippen molar-refractivity contribution in [2.75, 3.05) is 14.1 Å². The van der Waals surface area contributed by atoms with Crippen molar-refractivity contribution in [1.29, 1.82) is 0 Å². The van der Waals surface area contributed by atoms with Gasteiger partial charge >= 0.3 is 5.97 Å². The molecule has 3 N–H and O–H groups in total. The van der Waals surface area contributed by atoms with E-state index in [4.69, 9.17) is 4.84 Å². The second-order valence-corrected chi connectivity index (χ2v) is 13.6. The number of likely N-dealkylation sites (N-methyl/N-ethyl adjacent to an activating group) is 2. The van der Waals surface area contributed by atoms with Gasteiger partial charge in [-0.05, 0) is 37.6 Å². The summed E-state index contributed by atoms with van der Waals surface area (Å²) in [6.45, 7) is 18.6. The van der Waals surface area contributed by atoms with Gasteiger partial charge in [0.25, 0.3) is 11.8 Å². The van der Waals surface area contributed by atoms with Gasteiger partial charge in [-0.15, -0.1) is 5.06 Å². The topological polar surface area (TPSA) is 154 Å². The molecule has 12 nitrogen and oxygen atoms in total. The third-order valence-corrected chi connectivity index (χ3v) is 7.12. The van der Waals surface area contributed by atoms with Crippen LogP contribution in [0.5, 0.6) is 0 Å². The van der Waals surface area contributed by atoms with E-state index in [-0.39, 0.29) is 42.4 Å². The smallest absolute Gasteiger partial charge is 0.335 e. The van der Waals surface area contributed by atoms with Crippen LogP contribution in [-0.2, 0) is 33.6 Å². The van der Waals surface area contributed by atoms with E-state index in [0.29, 0.717) is 10.6 Å². The summed E-state index contributed by atoms with van der Waals surface area (Å²) in [5.74, 6) is -3.05. The standard InChI is InChI=1S/C30H51N5O7/c1-17(2)20(34(12)28(41)25(30(8,9)10)33-27(40)24(31-11)29(5,6)7)15-18(3)26(39)32-19(4)16-23(38)42-35-21(36)13-14-22(35)37/h15,17,19-20,24-25,31H,13-14,16H2,1-12H3,(H,32,39)(H,33,40)/b18-15+/t19?,20-,24-,25-/m1/s1. The minimum atomic E-state index is -0.822. The second kappa shape index (κ2) is 14.8. The number of hydroxylamine groups is 2. The minimum Gasteiger partial charge on any atom is -0.349 e. The Kier molecular flexibility index (Phi) is 12.9. The van der Waals surface area contributed by atoms with Gasteiger partial charge in [-0.3, -0.25) is 24.0 Å². The first kappa shape index (κ1) is 36.7. The van der Waals surface area contributed by atoms with Crippen molar-refractivity contribution in [3.8, 4) is 0 Å². The molecule has 12 heteroatoms. The van der Waals surface area contributed by atoms with E-state index in [1.165, 1.54) is 0 Å². The summed E-state index contributed by atoms with van der Waals surface area (Å²) in [5.41, 5.74) is -0.637. The van der Waals surface area contributed by atoms with Crippen molar-refractivity contribution in [1.82, 2.24) is 25.9 Å². The van der Waals surface area contributed by atoms with Crippen LogP contribution >= 0.6 is 0 Å². The fraction of sp³-hybridized carbons (Fsp3) is 0.733. The zero-order valence-corrected chi connectivity index (χ0v) is 27.3. The van der Waals surface area contributed by atoms with Gasteiger partial charge in [0.15, 0.2) is 0 Å². The Bertz CT molecular complexity index is 1050. The van der Waals surface area contributed by atoms with E-state index in [2.05, 4.69) is 16.0 Å². The number of hydrogen-bond acceptors (Lipinski definition) is 8. The van der Waals surface area contributed by atoms with E-state index in [0.717, 1.165) is 0 Å². The lowest BCUT2D eigenvalue weighted by Crippen LogP contribution is -2.60. The highest BCUT2D eigenvalue weighted by atomic mass is 16.7. The molecule has 238 valence electrons. The summed E-state index contributed by atoms with van der Waals surface area (Å²) in [6, 6.07) is -2.46. The van der Waals surface area contributed by atoms with Crippen LogP contribution in [-0.4, -0.2) is 83.7 Å². The van der Waals surface area contributed by atoms with Crippen molar-refractivity contribution in [2.24, 2.45) is 16.7 Å². The molecular formula is C30H51N5O7. The molecule has 0 aromatic carbocycles. The van der Waals surface area contributed by atoms with Crippen LogP contribution in [0, 0.1) is 16.7 Å². The van der Waals surface area contributed by atoms with Gasteiger partial charge in [0.2, 0.25) is 17.7 Å². The normalized spacial score (nSPS) is 17.5. The molecule has 1 aliphatic rings. The molecular weight excluding hydrogens is 542 g/mol. The Balaban J connectivity index is 3.02. The number of hydrogen-bond donors (Lipinski definition) is 3. The molecule has 0 spiro atoms. The fourth-order valence-corrected chi connectivity index (χ4v) is 4.70. The molecule has 5 amide bonds. The number of imide groups is 1. The van der Waals surface area contributed by atoms with Gasteiger partial charge < -0.3 is 25.7 Å². The highest BCUT2D eigenvalue weighted by Gasteiger charge is 2.40. The van der Waals surface area contributed by atoms with Crippen LogP contribution in [0.25, 0.3) is 0 Å². The monoisotopic (exact) mass is 593 g/mol. The maximum atomic E-state index is 13.8. The van der Waals surface area contributed by atoms with Gasteiger partial charge in [0, 0.05) is 31.5 Å². The lowest BCUT2D eigenvalue weighted by molar-refractivity contribution is -0.197. The molecule has 1 rings (SSSR count). The number of rotatable bonds is 12. The molecule has 0 aromatic rings. The number of carbonyl (C=O) groups is 6. The van der Waals surface area contributed by atoms with Gasteiger partial charge in [-0.1, -0.05) is 61.5 Å². The molecule has 1 unspecified atom stereocenters. The lowest BCUT2D eigenvalue weighted by atomic mass is 9.83. The molecule has 0 aliphatic carbocycles. The van der Waals surface area contributed by atoms with Crippen molar-refractivity contribution < 1.29 is 33.6 Å². The molecule has 4 atom stereocenters. The Morgan fingerprint density at radius 3 is 1.86 bits per heavy atom. The second-order valence-electron chi connectivity index (χ2n) is 13.6. The number of nitrogens with zero attached hydrogens (tertiary/aromatic N) is 2. The van der Waals surface area contributed by atoms with Crippen molar-refractivity contribution in [3.63, 3.8) is 0 Å². The average Bonchev–Trinajstić information content (AvgIpc) is 3.15. The van der Waals surface area contributed by atoms with Crippen molar-refractivity contribution in [3.05, 3.63) is 11.6 Å². The summed E-state index contributed by atoms with van der Waals surface area (Å²) in [7, 11) is 3.36. The van der Waals surface area contributed by atoms with Gasteiger partial charge in [0.1, 0.15) is 6.04 Å².